The van der Waals surface area contributed by atoms with E-state index in [4.69, 9.17) is 4.74 Å². The first-order valence-corrected chi connectivity index (χ1v) is 10.2. The molecule has 26 heavy (non-hydrogen) atoms. The lowest BCUT2D eigenvalue weighted by Gasteiger charge is -2.35. The summed E-state index contributed by atoms with van der Waals surface area (Å²) in [5.41, 5.74) is 1.71. The van der Waals surface area contributed by atoms with Crippen LogP contribution in [-0.4, -0.2) is 49.1 Å². The van der Waals surface area contributed by atoms with Crippen LogP contribution in [0.5, 0.6) is 5.75 Å². The summed E-state index contributed by atoms with van der Waals surface area (Å²) < 4.78 is 5.21. The predicted molar refractivity (Wildman–Crippen MR) is 107 cm³/mol. The van der Waals surface area contributed by atoms with E-state index >= 15 is 0 Å². The van der Waals surface area contributed by atoms with Crippen molar-refractivity contribution < 1.29 is 9.53 Å². The molecule has 134 valence electrons. The van der Waals surface area contributed by atoms with Gasteiger partial charge in [0.25, 0.3) is 5.91 Å². The van der Waals surface area contributed by atoms with Gasteiger partial charge >= 0.3 is 0 Å². The SMILES string of the molecule is COc1ccc(N2CCN(C(=O)c3csc(-c4cccs4)n3)CC2)cc1. The van der Waals surface area contributed by atoms with Crippen LogP contribution in [0.2, 0.25) is 0 Å². The number of thiophene rings is 1. The Labute approximate surface area is 160 Å². The molecule has 2 aromatic heterocycles. The molecule has 0 N–H and O–H groups in total. The van der Waals surface area contributed by atoms with E-state index in [-0.39, 0.29) is 5.91 Å². The van der Waals surface area contributed by atoms with Crippen molar-refractivity contribution in [2.45, 2.75) is 0 Å². The van der Waals surface area contributed by atoms with Crippen LogP contribution in [0, 0.1) is 0 Å². The van der Waals surface area contributed by atoms with Crippen molar-refractivity contribution in [3.8, 4) is 15.6 Å². The zero-order valence-corrected chi connectivity index (χ0v) is 16.1. The second-order valence-electron chi connectivity index (χ2n) is 5.99. The second-order valence-corrected chi connectivity index (χ2v) is 7.80. The summed E-state index contributed by atoms with van der Waals surface area (Å²) in [4.78, 5) is 22.6. The van der Waals surface area contributed by atoms with Gasteiger partial charge < -0.3 is 14.5 Å². The molecule has 1 fully saturated rings. The number of piperazine rings is 1. The number of aromatic nitrogens is 1. The zero-order chi connectivity index (χ0) is 17.9. The Kier molecular flexibility index (Phi) is 4.90. The third-order valence-electron chi connectivity index (χ3n) is 4.46. The summed E-state index contributed by atoms with van der Waals surface area (Å²) in [5, 5.41) is 4.81. The fourth-order valence-corrected chi connectivity index (χ4v) is 4.62. The van der Waals surface area contributed by atoms with E-state index < -0.39 is 0 Å². The number of carbonyl (C=O) groups excluding carboxylic acids is 1. The molecule has 1 amide bonds. The summed E-state index contributed by atoms with van der Waals surface area (Å²) in [6, 6.07) is 12.1. The lowest BCUT2D eigenvalue weighted by atomic mass is 10.2. The Balaban J connectivity index is 1.39. The van der Waals surface area contributed by atoms with Crippen molar-refractivity contribution in [3.05, 3.63) is 52.9 Å². The number of methoxy groups -OCH3 is 1. The highest BCUT2D eigenvalue weighted by Crippen LogP contribution is 2.28. The number of nitrogens with zero attached hydrogens (tertiary/aromatic N) is 3. The molecule has 0 saturated carbocycles. The van der Waals surface area contributed by atoms with Crippen molar-refractivity contribution in [1.82, 2.24) is 9.88 Å². The molecule has 0 aliphatic carbocycles. The summed E-state index contributed by atoms with van der Waals surface area (Å²) >= 11 is 3.17. The highest BCUT2D eigenvalue weighted by molar-refractivity contribution is 7.20. The average Bonchev–Trinajstić information content (AvgIpc) is 3.39. The van der Waals surface area contributed by atoms with E-state index in [9.17, 15) is 4.79 Å². The van der Waals surface area contributed by atoms with E-state index in [2.05, 4.69) is 22.0 Å². The maximum absolute atomic E-state index is 12.7. The van der Waals surface area contributed by atoms with Crippen LogP contribution in [0.25, 0.3) is 9.88 Å². The molecule has 1 aromatic carbocycles. The highest BCUT2D eigenvalue weighted by atomic mass is 32.1. The number of hydrogen-bond donors (Lipinski definition) is 0. The van der Waals surface area contributed by atoms with Gasteiger partial charge in [-0.2, -0.15) is 0 Å². The van der Waals surface area contributed by atoms with Crippen molar-refractivity contribution >= 4 is 34.3 Å². The normalized spacial score (nSPS) is 14.5. The van der Waals surface area contributed by atoms with Crippen molar-refractivity contribution in [2.24, 2.45) is 0 Å². The second kappa shape index (κ2) is 7.47. The summed E-state index contributed by atoms with van der Waals surface area (Å²) in [7, 11) is 1.67. The predicted octanol–water partition coefficient (Wildman–Crippen LogP) is 3.84. The molecule has 4 rings (SSSR count). The minimum atomic E-state index is 0.0263. The van der Waals surface area contributed by atoms with Gasteiger partial charge in [0.1, 0.15) is 16.5 Å². The Bertz CT molecular complexity index is 867. The number of thiazole rings is 1. The smallest absolute Gasteiger partial charge is 0.273 e. The zero-order valence-electron chi connectivity index (χ0n) is 14.4. The Morgan fingerprint density at radius 3 is 2.50 bits per heavy atom. The Hall–Kier alpha value is -2.38. The van der Waals surface area contributed by atoms with Gasteiger partial charge in [0, 0.05) is 37.2 Å². The van der Waals surface area contributed by atoms with Crippen LogP contribution in [0.15, 0.2) is 47.2 Å². The third kappa shape index (κ3) is 3.45. The van der Waals surface area contributed by atoms with Crippen LogP contribution < -0.4 is 9.64 Å². The number of ether oxygens (including phenoxy) is 1. The molecule has 5 nitrogen and oxygen atoms in total. The maximum atomic E-state index is 12.7. The standard InChI is InChI=1S/C19H19N3O2S2/c1-24-15-6-4-14(5-7-15)21-8-10-22(11-9-21)19(23)16-13-26-18(20-16)17-3-2-12-25-17/h2-7,12-13H,8-11H2,1H3. The third-order valence-corrected chi connectivity index (χ3v) is 6.34. The number of hydrogen-bond acceptors (Lipinski definition) is 6. The molecule has 1 saturated heterocycles. The molecule has 0 bridgehead atoms. The van der Waals surface area contributed by atoms with Gasteiger partial charge in [0.2, 0.25) is 0 Å². The maximum Gasteiger partial charge on any atom is 0.273 e. The highest BCUT2D eigenvalue weighted by Gasteiger charge is 2.24. The summed E-state index contributed by atoms with van der Waals surface area (Å²) in [6.45, 7) is 3.05. The molecule has 0 atom stereocenters. The van der Waals surface area contributed by atoms with Gasteiger partial charge in [0.05, 0.1) is 12.0 Å². The van der Waals surface area contributed by atoms with E-state index in [1.54, 1.807) is 18.4 Å². The topological polar surface area (TPSA) is 45.7 Å². The van der Waals surface area contributed by atoms with Crippen LogP contribution in [-0.2, 0) is 0 Å². The van der Waals surface area contributed by atoms with E-state index in [0.29, 0.717) is 18.8 Å². The average molecular weight is 386 g/mol. The lowest BCUT2D eigenvalue weighted by molar-refractivity contribution is 0.0742. The number of benzene rings is 1. The molecule has 3 aromatic rings. The Morgan fingerprint density at radius 1 is 1.08 bits per heavy atom. The lowest BCUT2D eigenvalue weighted by Crippen LogP contribution is -2.48. The minimum absolute atomic E-state index is 0.0263. The van der Waals surface area contributed by atoms with Crippen LogP contribution in [0.1, 0.15) is 10.5 Å². The first kappa shape index (κ1) is 17.1. The van der Waals surface area contributed by atoms with E-state index in [1.807, 2.05) is 39.9 Å². The quantitative estimate of drug-likeness (QED) is 0.684. The minimum Gasteiger partial charge on any atom is -0.497 e. The van der Waals surface area contributed by atoms with Gasteiger partial charge in [-0.3, -0.25) is 4.79 Å². The monoisotopic (exact) mass is 385 g/mol. The van der Waals surface area contributed by atoms with Crippen LogP contribution >= 0.6 is 22.7 Å². The number of carbonyl (C=O) groups is 1. The number of amides is 1. The molecule has 7 heteroatoms. The van der Waals surface area contributed by atoms with Gasteiger partial charge in [-0.1, -0.05) is 6.07 Å². The molecule has 0 radical (unpaired) electrons. The fraction of sp³-hybridized carbons (Fsp3) is 0.263. The van der Waals surface area contributed by atoms with E-state index in [0.717, 1.165) is 34.4 Å². The number of anilines is 1. The van der Waals surface area contributed by atoms with Crippen LogP contribution in [0.3, 0.4) is 0 Å². The van der Waals surface area contributed by atoms with Gasteiger partial charge in [-0.15, -0.1) is 22.7 Å². The van der Waals surface area contributed by atoms with Gasteiger partial charge in [-0.25, -0.2) is 4.98 Å². The molecule has 1 aliphatic rings. The Morgan fingerprint density at radius 2 is 1.85 bits per heavy atom. The summed E-state index contributed by atoms with van der Waals surface area (Å²) in [5.74, 6) is 0.881. The van der Waals surface area contributed by atoms with Gasteiger partial charge in [0.15, 0.2) is 0 Å². The van der Waals surface area contributed by atoms with Crippen molar-refractivity contribution in [2.75, 3.05) is 38.2 Å². The van der Waals surface area contributed by atoms with Crippen molar-refractivity contribution in [1.29, 1.82) is 0 Å². The van der Waals surface area contributed by atoms with Gasteiger partial charge in [-0.05, 0) is 35.7 Å². The largest absolute Gasteiger partial charge is 0.497 e. The first-order chi connectivity index (χ1) is 12.7. The molecule has 0 spiro atoms. The molecular weight excluding hydrogens is 366 g/mol. The first-order valence-electron chi connectivity index (χ1n) is 8.42. The molecular formula is C19H19N3O2S2. The van der Waals surface area contributed by atoms with Crippen LogP contribution in [0.4, 0.5) is 5.69 Å². The molecule has 0 unspecified atom stereocenters. The van der Waals surface area contributed by atoms with E-state index in [1.165, 1.54) is 11.3 Å². The fourth-order valence-electron chi connectivity index (χ4n) is 3.01. The summed E-state index contributed by atoms with van der Waals surface area (Å²) in [6.07, 6.45) is 0. The number of rotatable bonds is 4. The molecule has 1 aliphatic heterocycles. The molecule has 3 heterocycles. The van der Waals surface area contributed by atoms with Crippen molar-refractivity contribution in [3.63, 3.8) is 0 Å².